The number of hydrogen-bond acceptors (Lipinski definition) is 3. The van der Waals surface area contributed by atoms with Crippen LogP contribution in [-0.4, -0.2) is 4.57 Å². The molecule has 0 fully saturated rings. The first kappa shape index (κ1) is 14.6. The van der Waals surface area contributed by atoms with E-state index in [4.69, 9.17) is 5.84 Å². The molecule has 1 heterocycles. The zero-order valence-electron chi connectivity index (χ0n) is 12.7. The summed E-state index contributed by atoms with van der Waals surface area (Å²) in [6.07, 6.45) is 0. The molecule has 0 saturated heterocycles. The van der Waals surface area contributed by atoms with Crippen LogP contribution in [0, 0.1) is 0 Å². The van der Waals surface area contributed by atoms with Crippen LogP contribution in [0.25, 0.3) is 21.7 Å². The fourth-order valence-corrected chi connectivity index (χ4v) is 3.82. The number of nitrogens with two attached hydrogens (primary N) is 1. The molecule has 0 spiro atoms. The highest BCUT2D eigenvalue weighted by atomic mass is 32.1. The molecule has 0 aliphatic carbocycles. The van der Waals surface area contributed by atoms with Gasteiger partial charge in [-0.05, 0) is 25.0 Å². The molecule has 2 N–H and O–H groups in total. The first-order chi connectivity index (χ1) is 10.7. The molecular weight excluding hydrogens is 290 g/mol. The number of benzene rings is 2. The van der Waals surface area contributed by atoms with Gasteiger partial charge in [-0.15, -0.1) is 0 Å². The van der Waals surface area contributed by atoms with Crippen LogP contribution in [0.15, 0.2) is 65.8 Å². The average Bonchev–Trinajstić information content (AvgIpc) is 2.96. The third-order valence-corrected chi connectivity index (χ3v) is 4.68. The predicted octanol–water partition coefficient (Wildman–Crippen LogP) is 4.24. The molecule has 0 aliphatic rings. The van der Waals surface area contributed by atoms with E-state index in [1.165, 1.54) is 21.7 Å². The second kappa shape index (κ2) is 6.20. The van der Waals surface area contributed by atoms with E-state index in [1.807, 2.05) is 12.1 Å². The first-order valence-electron chi connectivity index (χ1n) is 7.32. The van der Waals surface area contributed by atoms with Gasteiger partial charge in [0.25, 0.3) is 0 Å². The second-order valence-electron chi connectivity index (χ2n) is 5.39. The zero-order chi connectivity index (χ0) is 15.5. The number of hydrogen-bond donors (Lipinski definition) is 1. The summed E-state index contributed by atoms with van der Waals surface area (Å²) in [6, 6.07) is 21.1. The highest BCUT2D eigenvalue weighted by molar-refractivity contribution is 7.13. The number of thiazole rings is 1. The van der Waals surface area contributed by atoms with Crippen molar-refractivity contribution in [2.24, 2.45) is 10.9 Å². The lowest BCUT2D eigenvalue weighted by molar-refractivity contribution is 0.588. The number of nitrogens with zero attached hydrogens (tertiary/aromatic N) is 2. The van der Waals surface area contributed by atoms with Gasteiger partial charge in [0.05, 0.1) is 10.6 Å². The van der Waals surface area contributed by atoms with Crippen LogP contribution in [0.5, 0.6) is 0 Å². The Morgan fingerprint density at radius 3 is 1.95 bits per heavy atom. The Balaban J connectivity index is 2.36. The maximum absolute atomic E-state index is 5.64. The van der Waals surface area contributed by atoms with Crippen LogP contribution in [-0.2, 0) is 0 Å². The van der Waals surface area contributed by atoms with Gasteiger partial charge >= 0.3 is 0 Å². The largest absolute Gasteiger partial charge is 0.320 e. The Hall–Kier alpha value is -2.33. The molecule has 1 aromatic heterocycles. The maximum Gasteiger partial charge on any atom is 0.208 e. The molecule has 0 bridgehead atoms. The van der Waals surface area contributed by atoms with Gasteiger partial charge in [-0.25, -0.2) is 0 Å². The van der Waals surface area contributed by atoms with E-state index >= 15 is 0 Å². The van der Waals surface area contributed by atoms with Crippen LogP contribution in [0.1, 0.15) is 19.9 Å². The normalized spacial score (nSPS) is 12.0. The van der Waals surface area contributed by atoms with E-state index in [0.29, 0.717) is 0 Å². The molecule has 3 rings (SSSR count). The van der Waals surface area contributed by atoms with E-state index in [-0.39, 0.29) is 6.04 Å². The quantitative estimate of drug-likeness (QED) is 0.571. The third kappa shape index (κ3) is 2.57. The van der Waals surface area contributed by atoms with E-state index in [1.54, 1.807) is 11.3 Å². The van der Waals surface area contributed by atoms with Gasteiger partial charge in [0, 0.05) is 6.04 Å². The SMILES string of the molecule is CC(C)n1c(-c2ccccc2)c(-c2ccccc2)s/c1=N/N. The molecule has 2 aromatic carbocycles. The van der Waals surface area contributed by atoms with Crippen LogP contribution in [0.3, 0.4) is 0 Å². The topological polar surface area (TPSA) is 43.3 Å². The minimum atomic E-state index is 0.284. The van der Waals surface area contributed by atoms with Crippen molar-refractivity contribution >= 4 is 11.3 Å². The zero-order valence-corrected chi connectivity index (χ0v) is 13.5. The molecule has 112 valence electrons. The molecule has 0 atom stereocenters. The van der Waals surface area contributed by atoms with Crippen molar-refractivity contribution in [3.8, 4) is 21.7 Å². The lowest BCUT2D eigenvalue weighted by atomic mass is 10.1. The smallest absolute Gasteiger partial charge is 0.208 e. The highest BCUT2D eigenvalue weighted by Crippen LogP contribution is 2.35. The molecule has 0 saturated carbocycles. The van der Waals surface area contributed by atoms with Gasteiger partial charge in [-0.1, -0.05) is 72.0 Å². The van der Waals surface area contributed by atoms with Crippen molar-refractivity contribution in [1.82, 2.24) is 4.57 Å². The molecule has 0 amide bonds. The second-order valence-corrected chi connectivity index (χ2v) is 6.36. The average molecular weight is 309 g/mol. The molecule has 4 heteroatoms. The third-order valence-electron chi connectivity index (χ3n) is 3.57. The summed E-state index contributed by atoms with van der Waals surface area (Å²) in [5.41, 5.74) is 3.55. The maximum atomic E-state index is 5.64. The fraction of sp³-hybridized carbons (Fsp3) is 0.167. The van der Waals surface area contributed by atoms with Crippen LogP contribution in [0.2, 0.25) is 0 Å². The van der Waals surface area contributed by atoms with Gasteiger partial charge < -0.3 is 10.4 Å². The Morgan fingerprint density at radius 1 is 0.909 bits per heavy atom. The fourth-order valence-electron chi connectivity index (χ4n) is 2.61. The monoisotopic (exact) mass is 309 g/mol. The van der Waals surface area contributed by atoms with Crippen molar-refractivity contribution in [1.29, 1.82) is 0 Å². The molecule has 3 aromatic rings. The summed E-state index contributed by atoms with van der Waals surface area (Å²) in [4.78, 5) is 2.04. The summed E-state index contributed by atoms with van der Waals surface area (Å²) >= 11 is 1.63. The van der Waals surface area contributed by atoms with Crippen molar-refractivity contribution in [2.75, 3.05) is 0 Å². The van der Waals surface area contributed by atoms with Crippen LogP contribution >= 0.6 is 11.3 Å². The summed E-state index contributed by atoms with van der Waals surface area (Å²) in [7, 11) is 0. The van der Waals surface area contributed by atoms with Crippen molar-refractivity contribution in [3.05, 3.63) is 65.5 Å². The predicted molar refractivity (Wildman–Crippen MR) is 93.3 cm³/mol. The Labute approximate surface area is 134 Å². The van der Waals surface area contributed by atoms with Gasteiger partial charge in [-0.2, -0.15) is 5.10 Å². The number of rotatable bonds is 3. The molecular formula is C18H19N3S. The molecule has 0 aliphatic heterocycles. The van der Waals surface area contributed by atoms with Crippen LogP contribution in [0.4, 0.5) is 0 Å². The van der Waals surface area contributed by atoms with Crippen molar-refractivity contribution in [3.63, 3.8) is 0 Å². The van der Waals surface area contributed by atoms with E-state index in [9.17, 15) is 0 Å². The molecule has 0 unspecified atom stereocenters. The summed E-state index contributed by atoms with van der Waals surface area (Å²) in [5, 5.41) is 4.01. The Bertz CT molecular complexity index is 815. The van der Waals surface area contributed by atoms with E-state index in [0.717, 1.165) is 4.80 Å². The first-order valence-corrected chi connectivity index (χ1v) is 8.14. The molecule has 3 nitrogen and oxygen atoms in total. The summed E-state index contributed by atoms with van der Waals surface area (Å²) < 4.78 is 2.21. The molecule has 22 heavy (non-hydrogen) atoms. The van der Waals surface area contributed by atoms with Gasteiger partial charge in [0.15, 0.2) is 0 Å². The lowest BCUT2D eigenvalue weighted by Gasteiger charge is -2.14. The van der Waals surface area contributed by atoms with Crippen molar-refractivity contribution < 1.29 is 0 Å². The Kier molecular flexibility index (Phi) is 4.11. The minimum absolute atomic E-state index is 0.284. The lowest BCUT2D eigenvalue weighted by Crippen LogP contribution is -2.19. The van der Waals surface area contributed by atoms with Gasteiger partial charge in [0.1, 0.15) is 0 Å². The standard InChI is InChI=1S/C18H19N3S/c1-13(2)21-16(14-9-5-3-6-10-14)17(22-18(21)20-19)15-11-7-4-8-12-15/h3-13H,19H2,1-2H3/b20-18+. The number of aromatic nitrogens is 1. The summed E-state index contributed by atoms with van der Waals surface area (Å²) in [5.74, 6) is 5.64. The highest BCUT2D eigenvalue weighted by Gasteiger charge is 2.18. The van der Waals surface area contributed by atoms with Gasteiger partial charge in [-0.3, -0.25) is 0 Å². The summed E-state index contributed by atoms with van der Waals surface area (Å²) in [6.45, 7) is 4.31. The molecule has 0 radical (unpaired) electrons. The minimum Gasteiger partial charge on any atom is -0.320 e. The Morgan fingerprint density at radius 2 is 1.45 bits per heavy atom. The van der Waals surface area contributed by atoms with Crippen LogP contribution < -0.4 is 10.6 Å². The van der Waals surface area contributed by atoms with E-state index in [2.05, 4.69) is 72.0 Å². The van der Waals surface area contributed by atoms with Crippen molar-refractivity contribution in [2.45, 2.75) is 19.9 Å². The van der Waals surface area contributed by atoms with Gasteiger partial charge in [0.2, 0.25) is 4.80 Å². The van der Waals surface area contributed by atoms with E-state index < -0.39 is 0 Å².